The second kappa shape index (κ2) is 3.49. The first-order chi connectivity index (χ1) is 5.36. The summed E-state index contributed by atoms with van der Waals surface area (Å²) >= 11 is 0. The lowest BCUT2D eigenvalue weighted by atomic mass is 10.1. The molecule has 0 heterocycles. The molecule has 0 amide bonds. The number of rotatable bonds is 2. The largest absolute Gasteiger partial charge is 0.298 e. The standard InChI is InChI=1S/C9H6O2/c10-6-5-8-1-3-9(7-11)4-2-8/h1-5,7H. The molecule has 0 saturated carbocycles. The second-order valence-corrected chi connectivity index (χ2v) is 2.05. The van der Waals surface area contributed by atoms with E-state index in [2.05, 4.69) is 0 Å². The van der Waals surface area contributed by atoms with E-state index in [1.807, 2.05) is 0 Å². The Morgan fingerprint density at radius 1 is 1.09 bits per heavy atom. The van der Waals surface area contributed by atoms with Crippen molar-refractivity contribution in [3.05, 3.63) is 35.4 Å². The molecule has 2 heteroatoms. The lowest BCUT2D eigenvalue weighted by Crippen LogP contribution is -1.78. The summed E-state index contributed by atoms with van der Waals surface area (Å²) < 4.78 is 0. The number of carbonyl (C=O) groups is 1. The van der Waals surface area contributed by atoms with Crippen molar-refractivity contribution in [3.8, 4) is 0 Å². The third-order valence-electron chi connectivity index (χ3n) is 1.30. The van der Waals surface area contributed by atoms with Crippen LogP contribution in [0.2, 0.25) is 0 Å². The van der Waals surface area contributed by atoms with Crippen molar-refractivity contribution < 1.29 is 9.59 Å². The summed E-state index contributed by atoms with van der Waals surface area (Å²) in [4.78, 5) is 20.1. The molecular formula is C9H6O2. The molecule has 0 aromatic heterocycles. The van der Waals surface area contributed by atoms with E-state index in [0.717, 1.165) is 11.8 Å². The van der Waals surface area contributed by atoms with Gasteiger partial charge in [-0.3, -0.25) is 4.79 Å². The number of carbonyl (C=O) groups excluding carboxylic acids is 2. The van der Waals surface area contributed by atoms with Crippen LogP contribution in [0.25, 0.3) is 6.08 Å². The highest BCUT2D eigenvalue weighted by atomic mass is 16.1. The van der Waals surface area contributed by atoms with Crippen molar-refractivity contribution in [1.82, 2.24) is 0 Å². The minimum absolute atomic E-state index is 0.605. The highest BCUT2D eigenvalue weighted by Gasteiger charge is 1.88. The first kappa shape index (κ1) is 7.45. The highest BCUT2D eigenvalue weighted by Crippen LogP contribution is 2.02. The number of hydrogen-bond acceptors (Lipinski definition) is 2. The maximum absolute atomic E-state index is 10.2. The van der Waals surface area contributed by atoms with Crippen molar-refractivity contribution >= 4 is 18.3 Å². The molecule has 0 aliphatic carbocycles. The fourth-order valence-corrected chi connectivity index (χ4v) is 0.739. The van der Waals surface area contributed by atoms with Gasteiger partial charge < -0.3 is 0 Å². The summed E-state index contributed by atoms with van der Waals surface area (Å²) in [5, 5.41) is 0. The Labute approximate surface area is 64.2 Å². The summed E-state index contributed by atoms with van der Waals surface area (Å²) in [5.74, 6) is 1.66. The second-order valence-electron chi connectivity index (χ2n) is 2.05. The predicted octanol–water partition coefficient (Wildman–Crippen LogP) is 1.34. The molecule has 0 unspecified atom stereocenters. The molecule has 0 radical (unpaired) electrons. The van der Waals surface area contributed by atoms with Crippen LogP contribution < -0.4 is 0 Å². The first-order valence-corrected chi connectivity index (χ1v) is 3.13. The van der Waals surface area contributed by atoms with E-state index in [-0.39, 0.29) is 0 Å². The molecule has 2 nitrogen and oxygen atoms in total. The SMILES string of the molecule is O=C=Cc1ccc(C=O)cc1. The van der Waals surface area contributed by atoms with Gasteiger partial charge in [0.05, 0.1) is 0 Å². The van der Waals surface area contributed by atoms with Gasteiger partial charge in [0.25, 0.3) is 0 Å². The molecular weight excluding hydrogens is 140 g/mol. The summed E-state index contributed by atoms with van der Waals surface area (Å²) in [7, 11) is 0. The van der Waals surface area contributed by atoms with Gasteiger partial charge in [-0.15, -0.1) is 0 Å². The van der Waals surface area contributed by atoms with Crippen LogP contribution in [0.4, 0.5) is 0 Å². The minimum atomic E-state index is 0.605. The smallest absolute Gasteiger partial charge is 0.150 e. The van der Waals surface area contributed by atoms with Crippen LogP contribution in [0.5, 0.6) is 0 Å². The molecule has 54 valence electrons. The van der Waals surface area contributed by atoms with Crippen molar-refractivity contribution in [2.75, 3.05) is 0 Å². The highest BCUT2D eigenvalue weighted by molar-refractivity contribution is 5.78. The van der Waals surface area contributed by atoms with Gasteiger partial charge in [-0.25, -0.2) is 4.79 Å². The minimum Gasteiger partial charge on any atom is -0.298 e. The molecule has 11 heavy (non-hydrogen) atoms. The zero-order valence-electron chi connectivity index (χ0n) is 5.78. The van der Waals surface area contributed by atoms with Gasteiger partial charge >= 0.3 is 0 Å². The van der Waals surface area contributed by atoms with Gasteiger partial charge in [0, 0.05) is 11.6 Å². The van der Waals surface area contributed by atoms with E-state index in [9.17, 15) is 9.59 Å². The summed E-state index contributed by atoms with van der Waals surface area (Å²) in [6.45, 7) is 0. The van der Waals surface area contributed by atoms with Gasteiger partial charge in [-0.05, 0) is 5.56 Å². The molecule has 0 N–H and O–H groups in total. The number of benzene rings is 1. The number of hydrogen-bond donors (Lipinski definition) is 0. The Bertz CT molecular complexity index is 292. The Kier molecular flexibility index (Phi) is 2.37. The van der Waals surface area contributed by atoms with Crippen LogP contribution in [0, 0.1) is 0 Å². The molecule has 1 aromatic carbocycles. The van der Waals surface area contributed by atoms with Crippen molar-refractivity contribution in [2.24, 2.45) is 0 Å². The monoisotopic (exact) mass is 146 g/mol. The predicted molar refractivity (Wildman–Crippen MR) is 42.0 cm³/mol. The molecule has 0 fully saturated rings. The van der Waals surface area contributed by atoms with Gasteiger partial charge in [-0.1, -0.05) is 24.3 Å². The van der Waals surface area contributed by atoms with Crippen LogP contribution in [0.15, 0.2) is 24.3 Å². The first-order valence-electron chi connectivity index (χ1n) is 3.13. The molecule has 1 rings (SSSR count). The zero-order chi connectivity index (χ0) is 8.10. The quantitative estimate of drug-likeness (QED) is 0.466. The normalized spacial score (nSPS) is 8.36. The molecule has 0 aliphatic heterocycles. The van der Waals surface area contributed by atoms with Crippen molar-refractivity contribution in [1.29, 1.82) is 0 Å². The van der Waals surface area contributed by atoms with Crippen LogP contribution in [0.1, 0.15) is 15.9 Å². The average Bonchev–Trinajstić information content (AvgIpc) is 2.07. The average molecular weight is 146 g/mol. The van der Waals surface area contributed by atoms with Crippen LogP contribution in [0.3, 0.4) is 0 Å². The zero-order valence-corrected chi connectivity index (χ0v) is 5.78. The van der Waals surface area contributed by atoms with Crippen LogP contribution in [-0.4, -0.2) is 12.2 Å². The Morgan fingerprint density at radius 2 is 1.64 bits per heavy atom. The lowest BCUT2D eigenvalue weighted by Gasteiger charge is -1.89. The van der Waals surface area contributed by atoms with E-state index in [4.69, 9.17) is 0 Å². The maximum atomic E-state index is 10.2. The molecule has 0 saturated heterocycles. The van der Waals surface area contributed by atoms with E-state index < -0.39 is 0 Å². The Balaban J connectivity index is 2.99. The number of aldehydes is 1. The Hall–Kier alpha value is -1.66. The van der Waals surface area contributed by atoms with Crippen LogP contribution in [-0.2, 0) is 4.79 Å². The molecule has 0 spiro atoms. The lowest BCUT2D eigenvalue weighted by molar-refractivity contribution is 0.112. The van der Waals surface area contributed by atoms with E-state index >= 15 is 0 Å². The van der Waals surface area contributed by atoms with E-state index in [1.165, 1.54) is 6.08 Å². The molecule has 0 bridgehead atoms. The maximum Gasteiger partial charge on any atom is 0.150 e. The summed E-state index contributed by atoms with van der Waals surface area (Å²) in [6.07, 6.45) is 2.07. The van der Waals surface area contributed by atoms with Gasteiger partial charge in [0.15, 0.2) is 0 Å². The molecule has 0 aliphatic rings. The van der Waals surface area contributed by atoms with Gasteiger partial charge in [-0.2, -0.15) is 0 Å². The van der Waals surface area contributed by atoms with Gasteiger partial charge in [0.1, 0.15) is 12.2 Å². The van der Waals surface area contributed by atoms with Crippen molar-refractivity contribution in [3.63, 3.8) is 0 Å². The fourth-order valence-electron chi connectivity index (χ4n) is 0.739. The third-order valence-corrected chi connectivity index (χ3v) is 1.30. The van der Waals surface area contributed by atoms with Crippen LogP contribution >= 0.6 is 0 Å². The fraction of sp³-hybridized carbons (Fsp3) is 0. The van der Waals surface area contributed by atoms with Gasteiger partial charge in [0.2, 0.25) is 0 Å². The van der Waals surface area contributed by atoms with E-state index in [1.54, 1.807) is 30.2 Å². The topological polar surface area (TPSA) is 34.1 Å². The van der Waals surface area contributed by atoms with Crippen molar-refractivity contribution in [2.45, 2.75) is 0 Å². The third kappa shape index (κ3) is 1.88. The summed E-state index contributed by atoms with van der Waals surface area (Å²) in [6, 6.07) is 6.68. The Morgan fingerprint density at radius 3 is 2.09 bits per heavy atom. The molecule has 0 atom stereocenters. The molecule has 1 aromatic rings. The van der Waals surface area contributed by atoms with E-state index in [0.29, 0.717) is 5.56 Å². The summed E-state index contributed by atoms with van der Waals surface area (Å²) in [5.41, 5.74) is 1.36.